The molecule has 9 N–H and O–H groups in total. The summed E-state index contributed by atoms with van der Waals surface area (Å²) in [6, 6.07) is -2.91. The maximum atomic E-state index is 12.4. The number of carbonyl (C=O) groups excluding carboxylic acids is 4. The van der Waals surface area contributed by atoms with E-state index in [9.17, 15) is 29.1 Å². The third-order valence-corrected chi connectivity index (χ3v) is 3.48. The van der Waals surface area contributed by atoms with E-state index in [4.69, 9.17) is 11.5 Å². The van der Waals surface area contributed by atoms with Crippen LogP contribution in [0.1, 0.15) is 26.7 Å². The molecular weight excluding hydrogens is 360 g/mol. The van der Waals surface area contributed by atoms with Gasteiger partial charge in [0.1, 0.15) is 12.1 Å². The molecule has 0 saturated heterocycles. The van der Waals surface area contributed by atoms with Crippen LogP contribution in [0.5, 0.6) is 0 Å². The van der Waals surface area contributed by atoms with Crippen molar-refractivity contribution in [2.75, 3.05) is 19.6 Å². The Morgan fingerprint density at radius 1 is 1.00 bits per heavy atom. The molecule has 0 aromatic rings. The van der Waals surface area contributed by atoms with Crippen LogP contribution in [0.3, 0.4) is 0 Å². The summed E-state index contributed by atoms with van der Waals surface area (Å²) in [5.41, 5.74) is 10.0. The normalized spacial score (nSPS) is 12.6. The number of primary amides is 1. The van der Waals surface area contributed by atoms with Gasteiger partial charge in [-0.2, -0.15) is 0 Å². The first-order valence-electron chi connectivity index (χ1n) is 8.41. The molecule has 154 valence electrons. The molecule has 0 rings (SSSR count). The number of aliphatic carboxylic acids is 1. The Morgan fingerprint density at radius 2 is 1.63 bits per heavy atom. The molecule has 0 bridgehead atoms. The second-order valence-corrected chi connectivity index (χ2v) is 6.10. The average molecular weight is 388 g/mol. The monoisotopic (exact) mass is 388 g/mol. The molecule has 0 aliphatic heterocycles. The topological polar surface area (TPSA) is 206 Å². The van der Waals surface area contributed by atoms with Gasteiger partial charge in [0.05, 0.1) is 13.1 Å². The van der Waals surface area contributed by atoms with Crippen LogP contribution >= 0.6 is 0 Å². The summed E-state index contributed by atoms with van der Waals surface area (Å²) < 4.78 is 0. The van der Waals surface area contributed by atoms with Gasteiger partial charge < -0.3 is 37.8 Å². The van der Waals surface area contributed by atoms with Crippen LogP contribution in [-0.2, 0) is 19.2 Å². The molecule has 2 atom stereocenters. The van der Waals surface area contributed by atoms with E-state index in [0.29, 0.717) is 0 Å². The van der Waals surface area contributed by atoms with Crippen molar-refractivity contribution >= 4 is 29.7 Å². The Balaban J connectivity index is 4.72. The number of carboxylic acid groups (broad SMARTS) is 1. The van der Waals surface area contributed by atoms with E-state index in [1.165, 1.54) is 0 Å². The molecule has 0 aliphatic rings. The van der Waals surface area contributed by atoms with Gasteiger partial charge in [0, 0.05) is 6.54 Å². The summed E-state index contributed by atoms with van der Waals surface area (Å²) in [6.45, 7) is 2.89. The highest BCUT2D eigenvalue weighted by molar-refractivity contribution is 5.92. The lowest BCUT2D eigenvalue weighted by Crippen LogP contribution is -2.55. The zero-order valence-electron chi connectivity index (χ0n) is 15.4. The van der Waals surface area contributed by atoms with E-state index < -0.39 is 41.8 Å². The van der Waals surface area contributed by atoms with Gasteiger partial charge in [0.2, 0.25) is 17.7 Å². The summed E-state index contributed by atoms with van der Waals surface area (Å²) in [5, 5.41) is 18.6. The Morgan fingerprint density at radius 3 is 2.11 bits per heavy atom. The SMILES string of the molecule is CC(C)[C@H](NC(=O)CNC(=O)CN)C(=O)N[C@@H](CCCNC(N)=O)C(=O)O. The van der Waals surface area contributed by atoms with Gasteiger partial charge in [-0.25, -0.2) is 9.59 Å². The number of urea groups is 1. The standard InChI is InChI=1S/C15H28N6O6/c1-8(2)12(21-11(23)7-19-10(22)6-16)13(24)20-9(14(25)26)4-3-5-18-15(17)27/h8-9,12H,3-7,16H2,1-2H3,(H,19,22)(H,20,24)(H,21,23)(H,25,26)(H3,17,18,27)/t9-,12-/m0/s1. The first-order chi connectivity index (χ1) is 12.6. The molecule has 0 spiro atoms. The van der Waals surface area contributed by atoms with Crippen molar-refractivity contribution in [2.24, 2.45) is 17.4 Å². The van der Waals surface area contributed by atoms with Crippen LogP contribution in [0.4, 0.5) is 4.79 Å². The van der Waals surface area contributed by atoms with E-state index in [1.54, 1.807) is 13.8 Å². The number of rotatable bonds is 12. The smallest absolute Gasteiger partial charge is 0.326 e. The average Bonchev–Trinajstić information content (AvgIpc) is 2.59. The second-order valence-electron chi connectivity index (χ2n) is 6.10. The molecule has 0 saturated carbocycles. The lowest BCUT2D eigenvalue weighted by atomic mass is 10.0. The fourth-order valence-corrected chi connectivity index (χ4v) is 2.05. The number of nitrogens with two attached hydrogens (primary N) is 2. The first-order valence-corrected chi connectivity index (χ1v) is 8.41. The van der Waals surface area contributed by atoms with Crippen LogP contribution in [-0.4, -0.2) is 66.5 Å². The van der Waals surface area contributed by atoms with Crippen molar-refractivity contribution in [2.45, 2.75) is 38.8 Å². The predicted octanol–water partition coefficient (Wildman–Crippen LogP) is -2.78. The number of carboxylic acids is 1. The fraction of sp³-hybridized carbons (Fsp3) is 0.667. The molecule has 0 aliphatic carbocycles. The van der Waals surface area contributed by atoms with E-state index in [1.807, 2.05) is 0 Å². The van der Waals surface area contributed by atoms with E-state index in [-0.39, 0.29) is 38.4 Å². The second kappa shape index (κ2) is 12.5. The Kier molecular flexibility index (Phi) is 11.1. The zero-order chi connectivity index (χ0) is 21.0. The van der Waals surface area contributed by atoms with Crippen molar-refractivity contribution in [1.29, 1.82) is 0 Å². The zero-order valence-corrected chi connectivity index (χ0v) is 15.4. The van der Waals surface area contributed by atoms with Crippen LogP contribution < -0.4 is 32.7 Å². The maximum Gasteiger partial charge on any atom is 0.326 e. The Labute approximate surface area is 156 Å². The molecule has 5 amide bonds. The van der Waals surface area contributed by atoms with Crippen LogP contribution in [0, 0.1) is 5.92 Å². The largest absolute Gasteiger partial charge is 0.480 e. The molecule has 12 nitrogen and oxygen atoms in total. The summed E-state index contributed by atoms with van der Waals surface area (Å²) in [5.74, 6) is -3.37. The molecule has 0 fully saturated rings. The highest BCUT2D eigenvalue weighted by atomic mass is 16.4. The number of hydrogen-bond acceptors (Lipinski definition) is 6. The highest BCUT2D eigenvalue weighted by Gasteiger charge is 2.28. The van der Waals surface area contributed by atoms with Crippen molar-refractivity contribution in [3.05, 3.63) is 0 Å². The molecule has 0 aromatic carbocycles. The minimum Gasteiger partial charge on any atom is -0.480 e. The number of carbonyl (C=O) groups is 5. The van der Waals surface area contributed by atoms with Crippen LogP contribution in [0.15, 0.2) is 0 Å². The Bertz CT molecular complexity index is 553. The van der Waals surface area contributed by atoms with Crippen LogP contribution in [0.25, 0.3) is 0 Å². The molecule has 0 unspecified atom stereocenters. The summed E-state index contributed by atoms with van der Waals surface area (Å²) in [7, 11) is 0. The van der Waals surface area contributed by atoms with Gasteiger partial charge in [0.15, 0.2) is 0 Å². The van der Waals surface area contributed by atoms with E-state index in [2.05, 4.69) is 21.3 Å². The van der Waals surface area contributed by atoms with Crippen LogP contribution in [0.2, 0.25) is 0 Å². The van der Waals surface area contributed by atoms with Crippen molar-refractivity contribution < 1.29 is 29.1 Å². The lowest BCUT2D eigenvalue weighted by Gasteiger charge is -2.24. The fourth-order valence-electron chi connectivity index (χ4n) is 2.05. The van der Waals surface area contributed by atoms with Gasteiger partial charge in [-0.1, -0.05) is 13.8 Å². The summed E-state index contributed by atoms with van der Waals surface area (Å²) >= 11 is 0. The summed E-state index contributed by atoms with van der Waals surface area (Å²) in [6.07, 6.45) is 0.344. The lowest BCUT2D eigenvalue weighted by molar-refractivity contribution is -0.142. The van der Waals surface area contributed by atoms with E-state index >= 15 is 0 Å². The van der Waals surface area contributed by atoms with Crippen molar-refractivity contribution in [1.82, 2.24) is 21.3 Å². The van der Waals surface area contributed by atoms with Gasteiger partial charge in [-0.05, 0) is 18.8 Å². The van der Waals surface area contributed by atoms with Gasteiger partial charge in [-0.15, -0.1) is 0 Å². The molecule has 0 aromatic heterocycles. The maximum absolute atomic E-state index is 12.4. The molecule has 0 heterocycles. The molecular formula is C15H28N6O6. The predicted molar refractivity (Wildman–Crippen MR) is 95.2 cm³/mol. The number of nitrogens with one attached hydrogen (secondary N) is 4. The first kappa shape index (κ1) is 24.1. The third-order valence-electron chi connectivity index (χ3n) is 3.48. The minimum absolute atomic E-state index is 0.0622. The Hall–Kier alpha value is -2.89. The van der Waals surface area contributed by atoms with Crippen molar-refractivity contribution in [3.8, 4) is 0 Å². The number of amides is 5. The number of hydrogen-bond donors (Lipinski definition) is 7. The van der Waals surface area contributed by atoms with Gasteiger partial charge in [0.25, 0.3) is 0 Å². The van der Waals surface area contributed by atoms with Gasteiger partial charge >= 0.3 is 12.0 Å². The van der Waals surface area contributed by atoms with Gasteiger partial charge in [-0.3, -0.25) is 14.4 Å². The third kappa shape index (κ3) is 10.6. The molecule has 12 heteroatoms. The quantitative estimate of drug-likeness (QED) is 0.175. The van der Waals surface area contributed by atoms with Crippen molar-refractivity contribution in [3.63, 3.8) is 0 Å². The van der Waals surface area contributed by atoms with E-state index in [0.717, 1.165) is 0 Å². The highest BCUT2D eigenvalue weighted by Crippen LogP contribution is 2.04. The molecule has 0 radical (unpaired) electrons. The summed E-state index contributed by atoms with van der Waals surface area (Å²) in [4.78, 5) is 57.2. The molecule has 27 heavy (non-hydrogen) atoms. The minimum atomic E-state index is -1.24.